The molecule has 3 aromatic rings. The highest BCUT2D eigenvalue weighted by atomic mass is 16.7. The first-order chi connectivity index (χ1) is 16.8. The quantitative estimate of drug-likeness (QED) is 0.343. The smallest absolute Gasteiger partial charge is 0.186 e. The van der Waals surface area contributed by atoms with Crippen LogP contribution in [0.5, 0.6) is 0 Å². The Hall–Kier alpha value is -2.80. The highest BCUT2D eigenvalue weighted by Crippen LogP contribution is 2.27. The zero-order valence-electron chi connectivity index (χ0n) is 19.3. The van der Waals surface area contributed by atoms with Crippen molar-refractivity contribution in [2.24, 2.45) is 0 Å². The van der Waals surface area contributed by atoms with Gasteiger partial charge in [-0.1, -0.05) is 97.1 Å². The Bertz CT molecular complexity index is 964. The van der Waals surface area contributed by atoms with Crippen LogP contribution in [0.4, 0.5) is 0 Å². The Morgan fingerprint density at radius 1 is 0.647 bits per heavy atom. The highest BCUT2D eigenvalue weighted by Gasteiger charge is 2.43. The van der Waals surface area contributed by atoms with Gasteiger partial charge >= 0.3 is 0 Å². The summed E-state index contributed by atoms with van der Waals surface area (Å²) in [6.45, 7) is 5.78. The summed E-state index contributed by atoms with van der Waals surface area (Å²) in [5.74, 6) is 0. The fourth-order valence-electron chi connectivity index (χ4n) is 3.88. The van der Waals surface area contributed by atoms with Crippen molar-refractivity contribution in [1.29, 1.82) is 0 Å². The van der Waals surface area contributed by atoms with Crippen molar-refractivity contribution in [2.45, 2.75) is 44.4 Å². The van der Waals surface area contributed by atoms with E-state index >= 15 is 0 Å². The van der Waals surface area contributed by atoms with Gasteiger partial charge in [0, 0.05) is 0 Å². The summed E-state index contributed by atoms with van der Waals surface area (Å²) < 4.78 is 31.1. The van der Waals surface area contributed by atoms with E-state index in [4.69, 9.17) is 23.7 Å². The summed E-state index contributed by atoms with van der Waals surface area (Å²) in [6, 6.07) is 30.2. The van der Waals surface area contributed by atoms with Crippen molar-refractivity contribution in [2.75, 3.05) is 13.2 Å². The lowest BCUT2D eigenvalue weighted by Crippen LogP contribution is -2.56. The topological polar surface area (TPSA) is 46.2 Å². The molecule has 5 heteroatoms. The largest absolute Gasteiger partial charge is 0.368 e. The van der Waals surface area contributed by atoms with Crippen LogP contribution in [-0.4, -0.2) is 37.8 Å². The average molecular weight is 461 g/mol. The molecule has 1 aliphatic rings. The predicted molar refractivity (Wildman–Crippen MR) is 131 cm³/mol. The van der Waals surface area contributed by atoms with Gasteiger partial charge in [0.1, 0.15) is 18.3 Å². The second-order valence-corrected chi connectivity index (χ2v) is 8.18. The third kappa shape index (κ3) is 7.10. The third-order valence-corrected chi connectivity index (χ3v) is 5.64. The first kappa shape index (κ1) is 24.3. The summed E-state index contributed by atoms with van der Waals surface area (Å²) in [7, 11) is 0. The molecule has 4 rings (SSSR count). The first-order valence-corrected chi connectivity index (χ1v) is 11.6. The molecule has 1 heterocycles. The first-order valence-electron chi connectivity index (χ1n) is 11.6. The molecular formula is C29H32O5. The maximum absolute atomic E-state index is 6.45. The van der Waals surface area contributed by atoms with Crippen LogP contribution in [0.2, 0.25) is 0 Å². The van der Waals surface area contributed by atoms with Gasteiger partial charge in [0.05, 0.1) is 33.0 Å². The van der Waals surface area contributed by atoms with Crippen LogP contribution in [0.1, 0.15) is 16.7 Å². The summed E-state index contributed by atoms with van der Waals surface area (Å²) in [5, 5.41) is 0. The van der Waals surface area contributed by atoms with Gasteiger partial charge in [-0.05, 0) is 16.7 Å². The van der Waals surface area contributed by atoms with Gasteiger partial charge in [-0.3, -0.25) is 0 Å². The fraction of sp³-hybridized carbons (Fsp3) is 0.310. The minimum atomic E-state index is -0.584. The molecule has 0 aliphatic carbocycles. The Morgan fingerprint density at radius 2 is 1.12 bits per heavy atom. The van der Waals surface area contributed by atoms with Crippen molar-refractivity contribution in [3.05, 3.63) is 120 Å². The lowest BCUT2D eigenvalue weighted by molar-refractivity contribution is -0.297. The molecule has 4 atom stereocenters. The maximum atomic E-state index is 6.45. The summed E-state index contributed by atoms with van der Waals surface area (Å²) in [5.41, 5.74) is 3.25. The van der Waals surface area contributed by atoms with Crippen molar-refractivity contribution >= 4 is 0 Å². The SMILES string of the molecule is C=CCO[C@@H]1OC[C@@H](OCc2ccccc2)[C@H](OCc2ccccc2)[C@H]1OCc1ccccc1. The van der Waals surface area contributed by atoms with Crippen LogP contribution in [0, 0.1) is 0 Å². The molecule has 0 aromatic heterocycles. The molecule has 0 amide bonds. The van der Waals surface area contributed by atoms with E-state index < -0.39 is 12.4 Å². The van der Waals surface area contributed by atoms with Gasteiger partial charge in [0.2, 0.25) is 0 Å². The minimum Gasteiger partial charge on any atom is -0.368 e. The Labute approximate surface area is 201 Å². The van der Waals surface area contributed by atoms with Crippen LogP contribution in [0.15, 0.2) is 104 Å². The molecule has 34 heavy (non-hydrogen) atoms. The maximum Gasteiger partial charge on any atom is 0.186 e. The zero-order valence-corrected chi connectivity index (χ0v) is 19.3. The van der Waals surface area contributed by atoms with Gasteiger partial charge in [-0.2, -0.15) is 0 Å². The van der Waals surface area contributed by atoms with E-state index in [-0.39, 0.29) is 12.2 Å². The normalized spacial score (nSPS) is 22.4. The molecule has 0 N–H and O–H groups in total. The summed E-state index contributed by atoms with van der Waals surface area (Å²) >= 11 is 0. The molecule has 1 aliphatic heterocycles. The molecule has 178 valence electrons. The second-order valence-electron chi connectivity index (χ2n) is 8.18. The average Bonchev–Trinajstić information content (AvgIpc) is 2.90. The molecule has 0 bridgehead atoms. The zero-order chi connectivity index (χ0) is 23.4. The fourth-order valence-corrected chi connectivity index (χ4v) is 3.88. The molecule has 5 nitrogen and oxygen atoms in total. The third-order valence-electron chi connectivity index (χ3n) is 5.64. The van der Waals surface area contributed by atoms with Gasteiger partial charge in [-0.15, -0.1) is 6.58 Å². The lowest BCUT2D eigenvalue weighted by Gasteiger charge is -2.41. The summed E-state index contributed by atoms with van der Waals surface area (Å²) in [4.78, 5) is 0. The van der Waals surface area contributed by atoms with Crippen LogP contribution >= 0.6 is 0 Å². The summed E-state index contributed by atoms with van der Waals surface area (Å²) in [6.07, 6.45) is -0.0444. The van der Waals surface area contributed by atoms with Crippen molar-refractivity contribution in [3.63, 3.8) is 0 Å². The van der Waals surface area contributed by atoms with E-state index in [1.54, 1.807) is 6.08 Å². The molecule has 0 saturated carbocycles. The van der Waals surface area contributed by atoms with Crippen LogP contribution < -0.4 is 0 Å². The number of hydrogen-bond acceptors (Lipinski definition) is 5. The van der Waals surface area contributed by atoms with E-state index in [2.05, 4.69) is 6.58 Å². The van der Waals surface area contributed by atoms with Crippen LogP contribution in [0.25, 0.3) is 0 Å². The van der Waals surface area contributed by atoms with Crippen molar-refractivity contribution < 1.29 is 23.7 Å². The molecule has 1 fully saturated rings. The van der Waals surface area contributed by atoms with Crippen molar-refractivity contribution in [1.82, 2.24) is 0 Å². The monoisotopic (exact) mass is 460 g/mol. The molecule has 0 radical (unpaired) electrons. The van der Waals surface area contributed by atoms with E-state index in [0.717, 1.165) is 16.7 Å². The Morgan fingerprint density at radius 3 is 1.62 bits per heavy atom. The number of rotatable bonds is 12. The number of ether oxygens (including phenoxy) is 5. The predicted octanol–water partition coefficient (Wildman–Crippen LogP) is 5.30. The van der Waals surface area contributed by atoms with E-state index in [1.165, 1.54) is 0 Å². The van der Waals surface area contributed by atoms with Crippen LogP contribution in [-0.2, 0) is 43.5 Å². The van der Waals surface area contributed by atoms with Gasteiger partial charge in [0.15, 0.2) is 6.29 Å². The molecule has 0 spiro atoms. The molecular weight excluding hydrogens is 428 g/mol. The second kappa shape index (κ2) is 13.2. The minimum absolute atomic E-state index is 0.312. The molecule has 3 aromatic carbocycles. The number of benzene rings is 3. The lowest BCUT2D eigenvalue weighted by atomic mass is 10.0. The number of hydrogen-bond donors (Lipinski definition) is 0. The van der Waals surface area contributed by atoms with Gasteiger partial charge in [-0.25, -0.2) is 0 Å². The van der Waals surface area contributed by atoms with E-state index in [9.17, 15) is 0 Å². The van der Waals surface area contributed by atoms with Gasteiger partial charge < -0.3 is 23.7 Å². The Balaban J connectivity index is 1.51. The van der Waals surface area contributed by atoms with Crippen LogP contribution in [0.3, 0.4) is 0 Å². The van der Waals surface area contributed by atoms with E-state index in [0.29, 0.717) is 33.0 Å². The molecule has 1 saturated heterocycles. The molecule has 0 unspecified atom stereocenters. The van der Waals surface area contributed by atoms with E-state index in [1.807, 2.05) is 91.0 Å². The van der Waals surface area contributed by atoms with Crippen molar-refractivity contribution in [3.8, 4) is 0 Å². The Kier molecular flexibility index (Phi) is 9.43. The standard InChI is InChI=1S/C29H32O5/c1-2-18-30-29-28(33-21-25-16-10-5-11-17-25)27(32-20-24-14-8-4-9-15-24)26(22-34-29)31-19-23-12-6-3-7-13-23/h2-17,26-29H,1,18-22H2/t26-,27+,28-,29-/m1/s1. The van der Waals surface area contributed by atoms with Gasteiger partial charge in [0.25, 0.3) is 0 Å². The highest BCUT2D eigenvalue weighted by molar-refractivity contribution is 5.15.